The third-order valence-corrected chi connectivity index (χ3v) is 9.49. The van der Waals surface area contributed by atoms with Gasteiger partial charge in [-0.2, -0.15) is 0 Å². The number of aliphatic hydroxyl groups is 1. The van der Waals surface area contributed by atoms with E-state index in [2.05, 4.69) is 10.2 Å². The lowest BCUT2D eigenvalue weighted by Gasteiger charge is -2.23. The SMILES string of the molecule is COc1cc(C2/C(=C(/O)c3ccc(Cl)cc3)C(=O)C(=O)N2c2nnc(SCc3ccccc3)s2)ccc1OCc1ccccc1. The van der Waals surface area contributed by atoms with Gasteiger partial charge in [-0.3, -0.25) is 14.5 Å². The summed E-state index contributed by atoms with van der Waals surface area (Å²) >= 11 is 8.75. The first-order chi connectivity index (χ1) is 21.9. The number of thioether (sulfide) groups is 1. The predicted molar refractivity (Wildman–Crippen MR) is 176 cm³/mol. The van der Waals surface area contributed by atoms with Gasteiger partial charge < -0.3 is 14.6 Å². The number of amides is 1. The van der Waals surface area contributed by atoms with E-state index in [1.807, 2.05) is 60.7 Å². The minimum absolute atomic E-state index is 0.0870. The first kappa shape index (κ1) is 30.4. The second kappa shape index (κ2) is 13.6. The van der Waals surface area contributed by atoms with E-state index < -0.39 is 17.7 Å². The summed E-state index contributed by atoms with van der Waals surface area (Å²) in [5, 5.41) is 20.7. The van der Waals surface area contributed by atoms with Crippen LogP contribution in [0.2, 0.25) is 5.02 Å². The molecule has 4 aromatic carbocycles. The number of halogens is 1. The fourth-order valence-electron chi connectivity index (χ4n) is 4.89. The highest BCUT2D eigenvalue weighted by Crippen LogP contribution is 2.45. The zero-order valence-electron chi connectivity index (χ0n) is 23.9. The first-order valence-electron chi connectivity index (χ1n) is 13.8. The van der Waals surface area contributed by atoms with Gasteiger partial charge in [0, 0.05) is 16.3 Å². The molecule has 0 radical (unpaired) electrons. The van der Waals surface area contributed by atoms with E-state index in [-0.39, 0.29) is 16.5 Å². The lowest BCUT2D eigenvalue weighted by atomic mass is 9.95. The van der Waals surface area contributed by atoms with E-state index in [1.54, 1.807) is 42.5 Å². The van der Waals surface area contributed by atoms with Gasteiger partial charge in [0.05, 0.1) is 18.7 Å². The molecule has 0 bridgehead atoms. The van der Waals surface area contributed by atoms with E-state index in [9.17, 15) is 14.7 Å². The monoisotopic (exact) mass is 655 g/mol. The number of hydrogen-bond acceptors (Lipinski definition) is 9. The van der Waals surface area contributed by atoms with Gasteiger partial charge in [-0.15, -0.1) is 10.2 Å². The lowest BCUT2D eigenvalue weighted by molar-refractivity contribution is -0.132. The zero-order valence-corrected chi connectivity index (χ0v) is 26.3. The molecular formula is C34H26ClN3O5S2. The fraction of sp³-hybridized carbons (Fsp3) is 0.118. The van der Waals surface area contributed by atoms with Crippen LogP contribution in [0.1, 0.15) is 28.3 Å². The molecule has 1 amide bonds. The topological polar surface area (TPSA) is 102 Å². The Morgan fingerprint density at radius 3 is 2.29 bits per heavy atom. The molecule has 1 aliphatic rings. The van der Waals surface area contributed by atoms with Gasteiger partial charge in [-0.25, -0.2) is 0 Å². The van der Waals surface area contributed by atoms with Crippen molar-refractivity contribution in [3.05, 3.63) is 136 Å². The number of hydrogen-bond donors (Lipinski definition) is 1. The molecule has 0 spiro atoms. The third-order valence-electron chi connectivity index (χ3n) is 7.11. The van der Waals surface area contributed by atoms with Crippen molar-refractivity contribution in [3.63, 3.8) is 0 Å². The number of ether oxygens (including phenoxy) is 2. The van der Waals surface area contributed by atoms with Gasteiger partial charge in [0.15, 0.2) is 15.8 Å². The summed E-state index contributed by atoms with van der Waals surface area (Å²) in [4.78, 5) is 28.5. The van der Waals surface area contributed by atoms with Gasteiger partial charge in [-0.1, -0.05) is 101 Å². The Kier molecular flexibility index (Phi) is 9.16. The highest BCUT2D eigenvalue weighted by atomic mass is 35.5. The van der Waals surface area contributed by atoms with Gasteiger partial charge in [-0.05, 0) is 53.1 Å². The van der Waals surface area contributed by atoms with Crippen LogP contribution in [-0.2, 0) is 21.9 Å². The molecule has 8 nitrogen and oxygen atoms in total. The van der Waals surface area contributed by atoms with Crippen LogP contribution in [0, 0.1) is 0 Å². The lowest BCUT2D eigenvalue weighted by Crippen LogP contribution is -2.29. The molecule has 0 saturated carbocycles. The molecule has 45 heavy (non-hydrogen) atoms. The normalized spacial score (nSPS) is 15.8. The van der Waals surface area contributed by atoms with E-state index in [0.29, 0.717) is 44.3 Å². The van der Waals surface area contributed by atoms with E-state index in [0.717, 1.165) is 11.1 Å². The molecule has 1 fully saturated rings. The maximum absolute atomic E-state index is 13.6. The Bertz CT molecular complexity index is 1860. The number of rotatable bonds is 10. The van der Waals surface area contributed by atoms with Gasteiger partial charge in [0.25, 0.3) is 5.78 Å². The summed E-state index contributed by atoms with van der Waals surface area (Å²) < 4.78 is 12.3. The van der Waals surface area contributed by atoms with E-state index in [4.69, 9.17) is 21.1 Å². The summed E-state index contributed by atoms with van der Waals surface area (Å²) in [6, 6.07) is 30.2. The first-order valence-corrected chi connectivity index (χ1v) is 16.0. The average Bonchev–Trinajstić information content (AvgIpc) is 3.65. The number of anilines is 1. The Morgan fingerprint density at radius 2 is 1.60 bits per heavy atom. The zero-order chi connectivity index (χ0) is 31.3. The van der Waals surface area contributed by atoms with Crippen LogP contribution in [0.4, 0.5) is 5.13 Å². The summed E-state index contributed by atoms with van der Waals surface area (Å²) in [7, 11) is 1.51. The molecule has 226 valence electrons. The molecule has 2 heterocycles. The minimum atomic E-state index is -1.02. The Hall–Kier alpha value is -4.64. The number of nitrogens with zero attached hydrogens (tertiary/aromatic N) is 3. The maximum atomic E-state index is 13.6. The molecule has 1 aromatic heterocycles. The van der Waals surface area contributed by atoms with Crippen LogP contribution in [0.3, 0.4) is 0 Å². The number of methoxy groups -OCH3 is 1. The van der Waals surface area contributed by atoms with Gasteiger partial charge >= 0.3 is 5.91 Å². The standard InChI is InChI=1S/C34H26ClN3O5S2/c1-42-27-18-24(14-17-26(27)43-19-21-8-4-2-5-9-21)29-28(30(39)23-12-15-25(35)16-13-23)31(40)32(41)38(29)33-36-37-34(45-33)44-20-22-10-6-3-7-11-22/h2-18,29,39H,19-20H2,1H3/b30-28-. The summed E-state index contributed by atoms with van der Waals surface area (Å²) in [5.74, 6) is -0.453. The van der Waals surface area contributed by atoms with E-state index in [1.165, 1.54) is 35.1 Å². The van der Waals surface area contributed by atoms with Crippen LogP contribution in [0.5, 0.6) is 11.5 Å². The number of carbonyl (C=O) groups excluding carboxylic acids is 2. The Labute approximate surface area is 272 Å². The van der Waals surface area contributed by atoms with Gasteiger partial charge in [0.1, 0.15) is 12.4 Å². The second-order valence-corrected chi connectivity index (χ2v) is 12.6. The van der Waals surface area contributed by atoms with Crippen LogP contribution >= 0.6 is 34.7 Å². The number of carbonyl (C=O) groups is 2. The van der Waals surface area contributed by atoms with Gasteiger partial charge in [0.2, 0.25) is 5.13 Å². The summed E-state index contributed by atoms with van der Waals surface area (Å²) in [6.45, 7) is 0.319. The van der Waals surface area contributed by atoms with Crippen molar-refractivity contribution in [2.45, 2.75) is 22.7 Å². The molecular weight excluding hydrogens is 630 g/mol. The molecule has 6 rings (SSSR count). The maximum Gasteiger partial charge on any atom is 0.301 e. The van der Waals surface area contributed by atoms with Crippen LogP contribution < -0.4 is 14.4 Å². The quantitative estimate of drug-likeness (QED) is 0.0537. The Balaban J connectivity index is 1.38. The van der Waals surface area contributed by atoms with Crippen molar-refractivity contribution < 1.29 is 24.2 Å². The largest absolute Gasteiger partial charge is 0.507 e. The molecule has 11 heteroatoms. The molecule has 0 aliphatic carbocycles. The minimum Gasteiger partial charge on any atom is -0.507 e. The van der Waals surface area contributed by atoms with Crippen molar-refractivity contribution in [3.8, 4) is 11.5 Å². The molecule has 1 unspecified atom stereocenters. The Morgan fingerprint density at radius 1 is 0.911 bits per heavy atom. The predicted octanol–water partition coefficient (Wildman–Crippen LogP) is 7.70. The fourth-order valence-corrected chi connectivity index (χ4v) is 6.84. The summed E-state index contributed by atoms with van der Waals surface area (Å²) in [6.07, 6.45) is 0. The molecule has 1 atom stereocenters. The van der Waals surface area contributed by atoms with Crippen LogP contribution in [-0.4, -0.2) is 34.1 Å². The van der Waals surface area contributed by atoms with Crippen LogP contribution in [0.25, 0.3) is 5.76 Å². The third kappa shape index (κ3) is 6.58. The van der Waals surface area contributed by atoms with Crippen molar-refractivity contribution in [2.24, 2.45) is 0 Å². The van der Waals surface area contributed by atoms with Crippen molar-refractivity contribution >= 4 is 57.3 Å². The highest BCUT2D eigenvalue weighted by molar-refractivity contribution is 8.00. The highest BCUT2D eigenvalue weighted by Gasteiger charge is 2.48. The van der Waals surface area contributed by atoms with Crippen molar-refractivity contribution in [2.75, 3.05) is 12.0 Å². The number of aromatic nitrogens is 2. The second-order valence-electron chi connectivity index (χ2n) is 9.99. The van der Waals surface area contributed by atoms with Crippen molar-refractivity contribution in [1.82, 2.24) is 10.2 Å². The molecule has 1 N–H and O–H groups in total. The van der Waals surface area contributed by atoms with Crippen LogP contribution in [0.15, 0.2) is 113 Å². The number of aliphatic hydroxyl groups excluding tert-OH is 1. The summed E-state index contributed by atoms with van der Waals surface area (Å²) in [5.41, 5.74) is 2.87. The smallest absolute Gasteiger partial charge is 0.301 e. The number of benzene rings is 4. The number of Topliss-reactive ketones (excluding diaryl/α,β-unsaturated/α-hetero) is 1. The molecule has 5 aromatic rings. The van der Waals surface area contributed by atoms with E-state index >= 15 is 0 Å². The molecule has 1 aliphatic heterocycles. The average molecular weight is 656 g/mol. The van der Waals surface area contributed by atoms with Crippen molar-refractivity contribution in [1.29, 1.82) is 0 Å². The molecule has 1 saturated heterocycles. The number of ketones is 1.